The molecule has 196 valence electrons. The molecule has 2 aromatic heterocycles. The van der Waals surface area contributed by atoms with Crippen LogP contribution < -0.4 is 5.32 Å². The zero-order valence-electron chi connectivity index (χ0n) is 21.4. The summed E-state index contributed by atoms with van der Waals surface area (Å²) in [5.41, 5.74) is 2.74. The molecule has 4 rings (SSSR count). The van der Waals surface area contributed by atoms with Gasteiger partial charge in [-0.25, -0.2) is 14.2 Å². The van der Waals surface area contributed by atoms with E-state index in [1.54, 1.807) is 24.4 Å². The van der Waals surface area contributed by atoms with E-state index < -0.39 is 6.09 Å². The lowest BCUT2D eigenvalue weighted by molar-refractivity contribution is -0.119. The maximum atomic E-state index is 13.7. The predicted molar refractivity (Wildman–Crippen MR) is 138 cm³/mol. The summed E-state index contributed by atoms with van der Waals surface area (Å²) in [5, 5.41) is 17.4. The molecule has 0 bridgehead atoms. The molecule has 2 atom stereocenters. The van der Waals surface area contributed by atoms with Gasteiger partial charge in [-0.2, -0.15) is 5.10 Å². The summed E-state index contributed by atoms with van der Waals surface area (Å²) in [6.07, 6.45) is 3.87. The normalized spacial score (nSPS) is 18.0. The number of piperidine rings is 1. The molecule has 0 aliphatic carbocycles. The zero-order valence-corrected chi connectivity index (χ0v) is 21.4. The van der Waals surface area contributed by atoms with Gasteiger partial charge in [0.2, 0.25) is 0 Å². The number of hydrogen-bond acceptors (Lipinski definition) is 5. The Labute approximate surface area is 215 Å². The maximum absolute atomic E-state index is 13.7. The van der Waals surface area contributed by atoms with Crippen LogP contribution in [0.4, 0.5) is 15.0 Å². The number of ether oxygens (including phenoxy) is 1. The van der Waals surface area contributed by atoms with Gasteiger partial charge in [-0.1, -0.05) is 20.8 Å². The molecular formula is C27H32FN5O4. The number of likely N-dealkylation sites (tertiary alicyclic amines) is 1. The van der Waals surface area contributed by atoms with Crippen LogP contribution in [0.2, 0.25) is 0 Å². The molecular weight excluding hydrogens is 477 g/mol. The number of rotatable bonds is 6. The van der Waals surface area contributed by atoms with Crippen LogP contribution in [0.5, 0.6) is 0 Å². The van der Waals surface area contributed by atoms with Gasteiger partial charge in [-0.3, -0.25) is 9.48 Å². The molecule has 0 saturated carbocycles. The highest BCUT2D eigenvalue weighted by Gasteiger charge is 2.39. The highest BCUT2D eigenvalue weighted by molar-refractivity contribution is 5.91. The summed E-state index contributed by atoms with van der Waals surface area (Å²) in [6.45, 7) is 6.46. The summed E-state index contributed by atoms with van der Waals surface area (Å²) < 4.78 is 20.5. The maximum Gasteiger partial charge on any atom is 0.407 e. The minimum absolute atomic E-state index is 0.0181. The molecule has 2 amide bonds. The van der Waals surface area contributed by atoms with Crippen LogP contribution >= 0.6 is 0 Å². The van der Waals surface area contributed by atoms with Gasteiger partial charge in [0.25, 0.3) is 5.91 Å². The number of halogens is 1. The third-order valence-electron chi connectivity index (χ3n) is 6.66. The zero-order chi connectivity index (χ0) is 26.7. The van der Waals surface area contributed by atoms with Crippen LogP contribution in [0.15, 0.2) is 48.8 Å². The van der Waals surface area contributed by atoms with Gasteiger partial charge in [0.15, 0.2) is 0 Å². The van der Waals surface area contributed by atoms with Crippen molar-refractivity contribution >= 4 is 17.8 Å². The number of nitrogens with zero attached hydrogens (tertiary/aromatic N) is 4. The number of hydrogen-bond donors (Lipinski definition) is 2. The fourth-order valence-electron chi connectivity index (χ4n) is 4.82. The molecule has 1 saturated heterocycles. The third kappa shape index (κ3) is 5.96. The Morgan fingerprint density at radius 3 is 2.57 bits per heavy atom. The van der Waals surface area contributed by atoms with Gasteiger partial charge < -0.3 is 20.1 Å². The van der Waals surface area contributed by atoms with E-state index in [-0.39, 0.29) is 35.8 Å². The molecule has 1 fully saturated rings. The SMILES string of the molecule is COCC(=O)Nc1cc(-c2cn(C3CCN(C(=O)O)C(C(C)(C)C)C3)nc2-c2ccc(F)cc2)ccn1. The fourth-order valence-corrected chi connectivity index (χ4v) is 4.82. The lowest BCUT2D eigenvalue weighted by Crippen LogP contribution is -2.51. The van der Waals surface area contributed by atoms with Crippen molar-refractivity contribution in [3.63, 3.8) is 0 Å². The van der Waals surface area contributed by atoms with E-state index in [9.17, 15) is 19.1 Å². The first kappa shape index (κ1) is 26.3. The van der Waals surface area contributed by atoms with Crippen molar-refractivity contribution in [3.05, 3.63) is 54.6 Å². The Hall–Kier alpha value is -3.79. The second-order valence-corrected chi connectivity index (χ2v) is 10.3. The molecule has 37 heavy (non-hydrogen) atoms. The molecule has 3 aromatic rings. The van der Waals surface area contributed by atoms with Crippen molar-refractivity contribution in [3.8, 4) is 22.4 Å². The van der Waals surface area contributed by atoms with Gasteiger partial charge in [0.05, 0.1) is 6.04 Å². The Balaban J connectivity index is 1.73. The molecule has 3 heterocycles. The molecule has 0 radical (unpaired) electrons. The number of carbonyl (C=O) groups is 2. The largest absolute Gasteiger partial charge is 0.465 e. The predicted octanol–water partition coefficient (Wildman–Crippen LogP) is 5.07. The van der Waals surface area contributed by atoms with Crippen molar-refractivity contribution in [1.29, 1.82) is 0 Å². The summed E-state index contributed by atoms with van der Waals surface area (Å²) >= 11 is 0. The van der Waals surface area contributed by atoms with E-state index in [0.29, 0.717) is 30.9 Å². The number of nitrogens with one attached hydrogen (secondary N) is 1. The summed E-state index contributed by atoms with van der Waals surface area (Å²) in [6, 6.07) is 9.53. The number of carbonyl (C=O) groups excluding carboxylic acids is 1. The molecule has 2 N–H and O–H groups in total. The first-order valence-corrected chi connectivity index (χ1v) is 12.2. The van der Waals surface area contributed by atoms with Crippen LogP contribution in [0.1, 0.15) is 39.7 Å². The quantitative estimate of drug-likeness (QED) is 0.480. The molecule has 9 nitrogen and oxygen atoms in total. The number of aromatic nitrogens is 3. The van der Waals surface area contributed by atoms with E-state index in [1.165, 1.54) is 24.1 Å². The highest BCUT2D eigenvalue weighted by atomic mass is 19.1. The van der Waals surface area contributed by atoms with Gasteiger partial charge in [-0.05, 0) is 60.2 Å². The van der Waals surface area contributed by atoms with Crippen molar-refractivity contribution < 1.29 is 23.8 Å². The van der Waals surface area contributed by atoms with Gasteiger partial charge >= 0.3 is 6.09 Å². The van der Waals surface area contributed by atoms with E-state index in [1.807, 2.05) is 37.7 Å². The van der Waals surface area contributed by atoms with Crippen LogP contribution in [-0.4, -0.2) is 63.1 Å². The number of anilines is 1. The van der Waals surface area contributed by atoms with Crippen LogP contribution in [0.25, 0.3) is 22.4 Å². The Bertz CT molecular complexity index is 1270. The topological polar surface area (TPSA) is 110 Å². The van der Waals surface area contributed by atoms with Crippen LogP contribution in [0.3, 0.4) is 0 Å². The number of pyridine rings is 1. The van der Waals surface area contributed by atoms with Crippen molar-refractivity contribution in [2.75, 3.05) is 25.6 Å². The lowest BCUT2D eigenvalue weighted by atomic mass is 9.79. The summed E-state index contributed by atoms with van der Waals surface area (Å²) in [4.78, 5) is 29.7. The molecule has 10 heteroatoms. The van der Waals surface area contributed by atoms with Crippen LogP contribution in [-0.2, 0) is 9.53 Å². The van der Waals surface area contributed by atoms with Gasteiger partial charge in [0.1, 0.15) is 23.9 Å². The lowest BCUT2D eigenvalue weighted by Gasteiger charge is -2.44. The average Bonchev–Trinajstić information content (AvgIpc) is 3.29. The molecule has 1 aliphatic rings. The van der Waals surface area contributed by atoms with Crippen molar-refractivity contribution in [2.24, 2.45) is 5.41 Å². The van der Waals surface area contributed by atoms with Gasteiger partial charge in [-0.15, -0.1) is 0 Å². The minimum Gasteiger partial charge on any atom is -0.465 e. The first-order chi connectivity index (χ1) is 17.6. The van der Waals surface area contributed by atoms with Crippen molar-refractivity contribution in [1.82, 2.24) is 19.7 Å². The number of benzene rings is 1. The van der Waals surface area contributed by atoms with E-state index >= 15 is 0 Å². The second-order valence-electron chi connectivity index (χ2n) is 10.3. The van der Waals surface area contributed by atoms with E-state index in [0.717, 1.165) is 16.7 Å². The Morgan fingerprint density at radius 1 is 1.19 bits per heavy atom. The summed E-state index contributed by atoms with van der Waals surface area (Å²) in [7, 11) is 1.44. The summed E-state index contributed by atoms with van der Waals surface area (Å²) in [5.74, 6) is -0.286. The molecule has 1 aliphatic heterocycles. The first-order valence-electron chi connectivity index (χ1n) is 12.2. The number of methoxy groups -OCH3 is 1. The third-order valence-corrected chi connectivity index (χ3v) is 6.66. The highest BCUT2D eigenvalue weighted by Crippen LogP contribution is 2.39. The second kappa shape index (κ2) is 10.7. The smallest absolute Gasteiger partial charge is 0.407 e. The monoisotopic (exact) mass is 509 g/mol. The molecule has 2 unspecified atom stereocenters. The average molecular weight is 510 g/mol. The van der Waals surface area contributed by atoms with E-state index in [4.69, 9.17) is 9.84 Å². The molecule has 1 aromatic carbocycles. The number of amides is 2. The van der Waals surface area contributed by atoms with Crippen molar-refractivity contribution in [2.45, 2.75) is 45.7 Å². The fraction of sp³-hybridized carbons (Fsp3) is 0.407. The van der Waals surface area contributed by atoms with E-state index in [2.05, 4.69) is 10.3 Å². The Morgan fingerprint density at radius 2 is 1.92 bits per heavy atom. The van der Waals surface area contributed by atoms with Gasteiger partial charge in [0, 0.05) is 43.2 Å². The number of carboxylic acid groups (broad SMARTS) is 1. The molecule has 0 spiro atoms. The standard InChI is InChI=1S/C27H32FN5O4/c1-27(2,3)22-14-20(10-12-32(22)26(35)36)33-15-21(25(31-33)17-5-7-19(28)8-6-17)18-9-11-29-23(13-18)30-24(34)16-37-4/h5-9,11,13,15,20,22H,10,12,14,16H2,1-4H3,(H,35,36)(H,29,30,34). The minimum atomic E-state index is -0.911. The Kier molecular flexibility index (Phi) is 7.58. The van der Waals surface area contributed by atoms with Crippen LogP contribution in [0, 0.1) is 11.2 Å².